The Labute approximate surface area is 127 Å². The number of carbonyl (C=O) groups excluding carboxylic acids is 1. The van der Waals surface area contributed by atoms with Crippen LogP contribution in [0.3, 0.4) is 0 Å². The Hall–Kier alpha value is -1.39. The summed E-state index contributed by atoms with van der Waals surface area (Å²) in [6.45, 7) is 7.60. The molecule has 116 valence electrons. The molecule has 2 rings (SSSR count). The van der Waals surface area contributed by atoms with E-state index in [0.717, 1.165) is 24.9 Å². The zero-order chi connectivity index (χ0) is 15.4. The predicted octanol–water partition coefficient (Wildman–Crippen LogP) is 1.94. The van der Waals surface area contributed by atoms with Crippen LogP contribution in [0.1, 0.15) is 42.5 Å². The standard InChI is InChI=1S/C17H26N2O2/c1-12-6-7-15(9-13(12)2)14(3)18-17(21)10-19-8-4-5-16(19)11-20/h6-7,9,14,16,20H,4-5,8,10-11H2,1-3H3,(H,18,21)/t14-,16+/m1/s1. The SMILES string of the molecule is Cc1ccc([C@@H](C)NC(=O)CN2CCC[C@H]2CO)cc1C. The highest BCUT2D eigenvalue weighted by Crippen LogP contribution is 2.18. The van der Waals surface area contributed by atoms with Crippen LogP contribution in [-0.4, -0.2) is 41.7 Å². The molecule has 1 aliphatic rings. The van der Waals surface area contributed by atoms with Crippen LogP contribution in [0.2, 0.25) is 0 Å². The van der Waals surface area contributed by atoms with Gasteiger partial charge >= 0.3 is 0 Å². The molecule has 0 bridgehead atoms. The number of aliphatic hydroxyl groups is 1. The topological polar surface area (TPSA) is 52.6 Å². The molecule has 1 saturated heterocycles. The van der Waals surface area contributed by atoms with Gasteiger partial charge in [0.1, 0.15) is 0 Å². The molecule has 4 heteroatoms. The van der Waals surface area contributed by atoms with Crippen molar-refractivity contribution < 1.29 is 9.90 Å². The molecule has 1 aromatic rings. The fourth-order valence-corrected chi connectivity index (χ4v) is 2.90. The lowest BCUT2D eigenvalue weighted by atomic mass is 10.0. The van der Waals surface area contributed by atoms with Crippen LogP contribution >= 0.6 is 0 Å². The smallest absolute Gasteiger partial charge is 0.234 e. The molecule has 1 aliphatic heterocycles. The number of likely N-dealkylation sites (tertiary alicyclic amines) is 1. The minimum Gasteiger partial charge on any atom is -0.395 e. The Morgan fingerprint density at radius 1 is 1.43 bits per heavy atom. The van der Waals surface area contributed by atoms with Gasteiger partial charge in [-0.1, -0.05) is 18.2 Å². The van der Waals surface area contributed by atoms with Crippen LogP contribution in [0.5, 0.6) is 0 Å². The third-order valence-corrected chi connectivity index (χ3v) is 4.46. The number of hydrogen-bond acceptors (Lipinski definition) is 3. The number of nitrogens with zero attached hydrogens (tertiary/aromatic N) is 1. The number of hydrogen-bond donors (Lipinski definition) is 2. The van der Waals surface area contributed by atoms with Crippen molar-refractivity contribution in [3.63, 3.8) is 0 Å². The highest BCUT2D eigenvalue weighted by molar-refractivity contribution is 5.78. The summed E-state index contributed by atoms with van der Waals surface area (Å²) in [4.78, 5) is 14.2. The van der Waals surface area contributed by atoms with Gasteiger partial charge < -0.3 is 10.4 Å². The first-order chi connectivity index (χ1) is 10.0. The molecule has 1 amide bonds. The van der Waals surface area contributed by atoms with Gasteiger partial charge in [-0.3, -0.25) is 9.69 Å². The fourth-order valence-electron chi connectivity index (χ4n) is 2.90. The Morgan fingerprint density at radius 3 is 2.86 bits per heavy atom. The van der Waals surface area contributed by atoms with Gasteiger partial charge in [0.15, 0.2) is 0 Å². The van der Waals surface area contributed by atoms with Crippen molar-refractivity contribution in [2.24, 2.45) is 0 Å². The van der Waals surface area contributed by atoms with Gasteiger partial charge in [0.05, 0.1) is 19.2 Å². The van der Waals surface area contributed by atoms with Crippen LogP contribution in [0.15, 0.2) is 18.2 Å². The predicted molar refractivity (Wildman–Crippen MR) is 84.2 cm³/mol. The summed E-state index contributed by atoms with van der Waals surface area (Å²) in [5.41, 5.74) is 3.64. The zero-order valence-corrected chi connectivity index (χ0v) is 13.2. The van der Waals surface area contributed by atoms with Gasteiger partial charge in [-0.25, -0.2) is 0 Å². The van der Waals surface area contributed by atoms with Crippen molar-refractivity contribution in [3.05, 3.63) is 34.9 Å². The average Bonchev–Trinajstić information content (AvgIpc) is 2.88. The van der Waals surface area contributed by atoms with Crippen LogP contribution in [-0.2, 0) is 4.79 Å². The number of rotatable bonds is 5. The van der Waals surface area contributed by atoms with Crippen molar-refractivity contribution in [2.45, 2.75) is 45.7 Å². The second-order valence-electron chi connectivity index (χ2n) is 6.08. The summed E-state index contributed by atoms with van der Waals surface area (Å²) >= 11 is 0. The number of benzene rings is 1. The Bertz CT molecular complexity index is 502. The Kier molecular flexibility index (Phi) is 5.37. The van der Waals surface area contributed by atoms with E-state index in [9.17, 15) is 9.90 Å². The van der Waals surface area contributed by atoms with Gasteiger partial charge in [-0.2, -0.15) is 0 Å². The van der Waals surface area contributed by atoms with Crippen LogP contribution in [0.25, 0.3) is 0 Å². The van der Waals surface area contributed by atoms with E-state index in [-0.39, 0.29) is 24.6 Å². The molecule has 0 saturated carbocycles. The van der Waals surface area contributed by atoms with E-state index in [1.807, 2.05) is 6.92 Å². The van der Waals surface area contributed by atoms with Crippen LogP contribution in [0, 0.1) is 13.8 Å². The molecule has 2 atom stereocenters. The molecule has 1 heterocycles. The number of nitrogens with one attached hydrogen (secondary N) is 1. The summed E-state index contributed by atoms with van der Waals surface area (Å²) < 4.78 is 0. The highest BCUT2D eigenvalue weighted by Gasteiger charge is 2.25. The fraction of sp³-hybridized carbons (Fsp3) is 0.588. The van der Waals surface area contributed by atoms with E-state index in [2.05, 4.69) is 42.3 Å². The summed E-state index contributed by atoms with van der Waals surface area (Å²) in [7, 11) is 0. The average molecular weight is 290 g/mol. The van der Waals surface area contributed by atoms with E-state index in [1.54, 1.807) is 0 Å². The molecule has 1 fully saturated rings. The molecule has 1 aromatic carbocycles. The highest BCUT2D eigenvalue weighted by atomic mass is 16.3. The normalized spacial score (nSPS) is 20.5. The molecule has 0 radical (unpaired) electrons. The number of aryl methyl sites for hydroxylation is 2. The number of amides is 1. The lowest BCUT2D eigenvalue weighted by molar-refractivity contribution is -0.123. The van der Waals surface area contributed by atoms with Crippen LogP contribution < -0.4 is 5.32 Å². The third kappa shape index (κ3) is 4.05. The van der Waals surface area contributed by atoms with Crippen molar-refractivity contribution >= 4 is 5.91 Å². The zero-order valence-electron chi connectivity index (χ0n) is 13.2. The molecule has 0 aromatic heterocycles. The lowest BCUT2D eigenvalue weighted by Crippen LogP contribution is -2.41. The summed E-state index contributed by atoms with van der Waals surface area (Å²) in [6.07, 6.45) is 2.04. The molecule has 0 spiro atoms. The Balaban J connectivity index is 1.91. The quantitative estimate of drug-likeness (QED) is 0.871. The van der Waals surface area contributed by atoms with Gasteiger partial charge in [0, 0.05) is 6.04 Å². The van der Waals surface area contributed by atoms with Crippen molar-refractivity contribution in [2.75, 3.05) is 19.7 Å². The second kappa shape index (κ2) is 7.05. The molecule has 2 N–H and O–H groups in total. The second-order valence-corrected chi connectivity index (χ2v) is 6.08. The maximum Gasteiger partial charge on any atom is 0.234 e. The first-order valence-electron chi connectivity index (χ1n) is 7.72. The summed E-state index contributed by atoms with van der Waals surface area (Å²) in [5.74, 6) is 0.0288. The first kappa shape index (κ1) is 16.0. The number of aliphatic hydroxyl groups excluding tert-OH is 1. The molecular weight excluding hydrogens is 264 g/mol. The number of carbonyl (C=O) groups is 1. The minimum absolute atomic E-state index is 0.00646. The maximum atomic E-state index is 12.2. The van der Waals surface area contributed by atoms with Gasteiger partial charge in [-0.05, 0) is 56.8 Å². The van der Waals surface area contributed by atoms with Crippen molar-refractivity contribution in [1.29, 1.82) is 0 Å². The van der Waals surface area contributed by atoms with Gasteiger partial charge in [0.2, 0.25) is 5.91 Å². The van der Waals surface area contributed by atoms with Crippen molar-refractivity contribution in [3.8, 4) is 0 Å². The van der Waals surface area contributed by atoms with Crippen molar-refractivity contribution in [1.82, 2.24) is 10.2 Å². The maximum absolute atomic E-state index is 12.2. The van der Waals surface area contributed by atoms with Gasteiger partial charge in [-0.15, -0.1) is 0 Å². The van der Waals surface area contributed by atoms with Gasteiger partial charge in [0.25, 0.3) is 0 Å². The molecular formula is C17H26N2O2. The van der Waals surface area contributed by atoms with E-state index < -0.39 is 0 Å². The Morgan fingerprint density at radius 2 is 2.19 bits per heavy atom. The molecule has 0 unspecified atom stereocenters. The first-order valence-corrected chi connectivity index (χ1v) is 7.72. The third-order valence-electron chi connectivity index (χ3n) is 4.46. The summed E-state index contributed by atoms with van der Waals surface area (Å²) in [5, 5.41) is 12.3. The molecule has 4 nitrogen and oxygen atoms in total. The molecule has 0 aliphatic carbocycles. The molecule has 21 heavy (non-hydrogen) atoms. The minimum atomic E-state index is 0.00646. The van der Waals surface area contributed by atoms with E-state index in [1.165, 1.54) is 11.1 Å². The van der Waals surface area contributed by atoms with E-state index in [4.69, 9.17) is 0 Å². The van der Waals surface area contributed by atoms with E-state index in [0.29, 0.717) is 6.54 Å². The lowest BCUT2D eigenvalue weighted by Gasteiger charge is -2.23. The monoisotopic (exact) mass is 290 g/mol. The van der Waals surface area contributed by atoms with Crippen LogP contribution in [0.4, 0.5) is 0 Å². The summed E-state index contributed by atoms with van der Waals surface area (Å²) in [6, 6.07) is 6.45. The van der Waals surface area contributed by atoms with E-state index >= 15 is 0 Å². The largest absolute Gasteiger partial charge is 0.395 e.